The number of amides is 2. The van der Waals surface area contributed by atoms with Gasteiger partial charge >= 0.3 is 0 Å². The monoisotopic (exact) mass is 250 g/mol. The van der Waals surface area contributed by atoms with Crippen LogP contribution in [0.25, 0.3) is 0 Å². The van der Waals surface area contributed by atoms with E-state index in [9.17, 15) is 9.59 Å². The van der Waals surface area contributed by atoms with Gasteiger partial charge in [-0.25, -0.2) is 0 Å². The van der Waals surface area contributed by atoms with Crippen LogP contribution in [-0.4, -0.2) is 36.9 Å². The first-order chi connectivity index (χ1) is 8.52. The molecule has 1 aromatic carbocycles. The van der Waals surface area contributed by atoms with Crippen LogP contribution in [0.1, 0.15) is 5.56 Å². The molecule has 18 heavy (non-hydrogen) atoms. The average molecular weight is 250 g/mol. The Morgan fingerprint density at radius 2 is 1.94 bits per heavy atom. The average Bonchev–Trinajstić information content (AvgIpc) is 2.28. The molecular weight excluding hydrogens is 232 g/mol. The van der Waals surface area contributed by atoms with Gasteiger partial charge in [-0.05, 0) is 18.7 Å². The number of hydrogen-bond acceptors (Lipinski definition) is 4. The molecule has 1 rings (SSSR count). The van der Waals surface area contributed by atoms with E-state index in [0.29, 0.717) is 12.2 Å². The lowest BCUT2D eigenvalue weighted by molar-refractivity contribution is -0.120. The van der Waals surface area contributed by atoms with Crippen molar-refractivity contribution in [2.45, 2.75) is 6.54 Å². The molecule has 0 fully saturated rings. The number of carbonyl (C=O) groups excluding carboxylic acids is 2. The fourth-order valence-corrected chi connectivity index (χ4v) is 1.58. The van der Waals surface area contributed by atoms with Crippen molar-refractivity contribution >= 4 is 17.5 Å². The smallest absolute Gasteiger partial charge is 0.238 e. The molecule has 6 heteroatoms. The fourth-order valence-electron chi connectivity index (χ4n) is 1.58. The van der Waals surface area contributed by atoms with Gasteiger partial charge in [-0.2, -0.15) is 0 Å². The summed E-state index contributed by atoms with van der Waals surface area (Å²) in [5, 5.41) is 2.75. The van der Waals surface area contributed by atoms with E-state index in [1.54, 1.807) is 18.0 Å². The van der Waals surface area contributed by atoms with Crippen molar-refractivity contribution in [3.05, 3.63) is 29.8 Å². The summed E-state index contributed by atoms with van der Waals surface area (Å²) < 4.78 is 0. The van der Waals surface area contributed by atoms with Gasteiger partial charge in [-0.3, -0.25) is 14.5 Å². The number of carbonyl (C=O) groups is 2. The molecule has 0 aliphatic carbocycles. The Morgan fingerprint density at radius 3 is 2.56 bits per heavy atom. The van der Waals surface area contributed by atoms with Gasteiger partial charge < -0.3 is 16.8 Å². The van der Waals surface area contributed by atoms with Crippen molar-refractivity contribution in [2.75, 3.05) is 25.5 Å². The first kappa shape index (κ1) is 14.1. The molecule has 0 atom stereocenters. The second-order valence-corrected chi connectivity index (χ2v) is 4.05. The van der Waals surface area contributed by atoms with E-state index in [4.69, 9.17) is 11.5 Å². The quantitative estimate of drug-likeness (QED) is 0.633. The van der Waals surface area contributed by atoms with Crippen molar-refractivity contribution in [3.8, 4) is 0 Å². The minimum absolute atomic E-state index is 0.0476. The van der Waals surface area contributed by atoms with Gasteiger partial charge in [0.1, 0.15) is 0 Å². The second-order valence-electron chi connectivity index (χ2n) is 4.05. The molecule has 1 aromatic rings. The van der Waals surface area contributed by atoms with E-state index >= 15 is 0 Å². The number of anilines is 1. The highest BCUT2D eigenvalue weighted by atomic mass is 16.2. The highest BCUT2D eigenvalue weighted by molar-refractivity contribution is 5.93. The molecule has 0 radical (unpaired) electrons. The lowest BCUT2D eigenvalue weighted by Crippen LogP contribution is -2.36. The first-order valence-corrected chi connectivity index (χ1v) is 5.57. The molecule has 0 bridgehead atoms. The zero-order chi connectivity index (χ0) is 13.5. The summed E-state index contributed by atoms with van der Waals surface area (Å²) in [6.07, 6.45) is 0. The lowest BCUT2D eigenvalue weighted by Gasteiger charge is -2.15. The molecule has 6 nitrogen and oxygen atoms in total. The highest BCUT2D eigenvalue weighted by Gasteiger charge is 2.10. The van der Waals surface area contributed by atoms with Crippen molar-refractivity contribution in [1.29, 1.82) is 0 Å². The Kier molecular flexibility index (Phi) is 5.29. The molecular formula is C12H18N4O2. The number of benzene rings is 1. The first-order valence-electron chi connectivity index (χ1n) is 5.57. The zero-order valence-electron chi connectivity index (χ0n) is 10.3. The molecule has 2 amide bonds. The number of nitrogens with one attached hydrogen (secondary N) is 1. The number of likely N-dealkylation sites (N-methyl/N-ethyl adjacent to an activating group) is 1. The topological polar surface area (TPSA) is 101 Å². The van der Waals surface area contributed by atoms with E-state index in [-0.39, 0.29) is 19.0 Å². The summed E-state index contributed by atoms with van der Waals surface area (Å²) in [6, 6.07) is 7.32. The van der Waals surface area contributed by atoms with Crippen LogP contribution in [0.5, 0.6) is 0 Å². The zero-order valence-corrected chi connectivity index (χ0v) is 10.3. The maximum atomic E-state index is 11.7. The number of primary amides is 1. The predicted octanol–water partition coefficient (Wildman–Crippen LogP) is -0.499. The van der Waals surface area contributed by atoms with Gasteiger partial charge in [0.25, 0.3) is 0 Å². The van der Waals surface area contributed by atoms with Crippen LogP contribution in [0.15, 0.2) is 24.3 Å². The normalized spacial score (nSPS) is 10.4. The summed E-state index contributed by atoms with van der Waals surface area (Å²) in [7, 11) is 1.65. The largest absolute Gasteiger partial charge is 0.369 e. The Balaban J connectivity index is 2.56. The Hall–Kier alpha value is -1.92. The van der Waals surface area contributed by atoms with Gasteiger partial charge in [0.05, 0.1) is 13.1 Å². The molecule has 0 aromatic heterocycles. The van der Waals surface area contributed by atoms with Crippen molar-refractivity contribution in [2.24, 2.45) is 11.5 Å². The third-order valence-electron chi connectivity index (χ3n) is 2.35. The van der Waals surface area contributed by atoms with Crippen LogP contribution in [-0.2, 0) is 16.1 Å². The van der Waals surface area contributed by atoms with E-state index in [1.165, 1.54) is 0 Å². The van der Waals surface area contributed by atoms with Crippen LogP contribution < -0.4 is 16.8 Å². The van der Waals surface area contributed by atoms with Crippen LogP contribution in [0.4, 0.5) is 5.69 Å². The number of nitrogens with zero attached hydrogens (tertiary/aromatic N) is 1. The molecule has 0 spiro atoms. The molecule has 0 unspecified atom stereocenters. The van der Waals surface area contributed by atoms with Crippen molar-refractivity contribution in [1.82, 2.24) is 4.90 Å². The molecule has 0 saturated carbocycles. The summed E-state index contributed by atoms with van der Waals surface area (Å²) in [4.78, 5) is 24.0. The van der Waals surface area contributed by atoms with Gasteiger partial charge in [0.15, 0.2) is 0 Å². The Morgan fingerprint density at radius 1 is 1.28 bits per heavy atom. The molecule has 0 aliphatic heterocycles. The minimum atomic E-state index is -0.465. The maximum Gasteiger partial charge on any atom is 0.238 e. The summed E-state index contributed by atoms with van der Waals surface area (Å²) >= 11 is 0. The van der Waals surface area contributed by atoms with Gasteiger partial charge in [0, 0.05) is 12.2 Å². The summed E-state index contributed by atoms with van der Waals surface area (Å²) in [5.41, 5.74) is 12.2. The molecule has 0 saturated heterocycles. The number of hydrogen-bond donors (Lipinski definition) is 3. The lowest BCUT2D eigenvalue weighted by atomic mass is 10.2. The van der Waals surface area contributed by atoms with Gasteiger partial charge in [-0.15, -0.1) is 0 Å². The van der Waals surface area contributed by atoms with E-state index in [1.807, 2.05) is 18.2 Å². The molecule has 5 N–H and O–H groups in total. The van der Waals surface area contributed by atoms with Crippen LogP contribution >= 0.6 is 0 Å². The van der Waals surface area contributed by atoms with E-state index < -0.39 is 5.91 Å². The minimum Gasteiger partial charge on any atom is -0.369 e. The van der Waals surface area contributed by atoms with Gasteiger partial charge in [0.2, 0.25) is 11.8 Å². The van der Waals surface area contributed by atoms with E-state index in [0.717, 1.165) is 5.56 Å². The SMILES string of the molecule is CN(CC(N)=O)CC(=O)Nc1ccccc1CN. The highest BCUT2D eigenvalue weighted by Crippen LogP contribution is 2.13. The standard InChI is InChI=1S/C12H18N4O2/c1-16(7-11(14)17)8-12(18)15-10-5-3-2-4-9(10)6-13/h2-5H,6-8,13H2,1H3,(H2,14,17)(H,15,18). The fraction of sp³-hybridized carbons (Fsp3) is 0.333. The Labute approximate surface area is 106 Å². The number of para-hydroxylation sites is 1. The van der Waals surface area contributed by atoms with E-state index in [2.05, 4.69) is 5.32 Å². The Bertz CT molecular complexity index is 434. The number of nitrogens with two attached hydrogens (primary N) is 2. The predicted molar refractivity (Wildman–Crippen MR) is 69.7 cm³/mol. The second kappa shape index (κ2) is 6.73. The van der Waals surface area contributed by atoms with Crippen LogP contribution in [0.3, 0.4) is 0 Å². The maximum absolute atomic E-state index is 11.7. The van der Waals surface area contributed by atoms with Crippen LogP contribution in [0, 0.1) is 0 Å². The third-order valence-corrected chi connectivity index (χ3v) is 2.35. The molecule has 98 valence electrons. The van der Waals surface area contributed by atoms with Gasteiger partial charge in [-0.1, -0.05) is 18.2 Å². The van der Waals surface area contributed by atoms with Crippen molar-refractivity contribution in [3.63, 3.8) is 0 Å². The third kappa shape index (κ3) is 4.52. The molecule has 0 aliphatic rings. The van der Waals surface area contributed by atoms with Crippen molar-refractivity contribution < 1.29 is 9.59 Å². The number of rotatable bonds is 6. The van der Waals surface area contributed by atoms with Crippen LogP contribution in [0.2, 0.25) is 0 Å². The summed E-state index contributed by atoms with van der Waals surface area (Å²) in [6.45, 7) is 0.501. The molecule has 0 heterocycles. The summed E-state index contributed by atoms with van der Waals surface area (Å²) in [5.74, 6) is -0.674.